The van der Waals surface area contributed by atoms with Gasteiger partial charge in [-0.25, -0.2) is 0 Å². The summed E-state index contributed by atoms with van der Waals surface area (Å²) in [5, 5.41) is 3.03. The Morgan fingerprint density at radius 3 is 2.25 bits per heavy atom. The Bertz CT molecular complexity index is 623. The lowest BCUT2D eigenvalue weighted by Crippen LogP contribution is -2.37. The van der Waals surface area contributed by atoms with Gasteiger partial charge in [-0.2, -0.15) is 0 Å². The number of hydrogen-bond acceptors (Lipinski definition) is 4. The number of nitrogens with one attached hydrogen (secondary N) is 1. The van der Waals surface area contributed by atoms with E-state index in [-0.39, 0.29) is 18.1 Å². The first kappa shape index (κ1) is 18.0. The number of rotatable bonds is 8. The maximum absolute atomic E-state index is 12.3. The Morgan fingerprint density at radius 1 is 1.00 bits per heavy atom. The molecule has 0 heterocycles. The fourth-order valence-electron chi connectivity index (χ4n) is 2.34. The maximum Gasteiger partial charge on any atom is 0.323 e. The standard InChI is InChI=1S/C20H25NO3/c1-15(2)24-18-11-9-16(10-12-18)13-19(21-3)20(22)23-14-17-7-5-4-6-8-17/h4-12,15,19,21H,13-14H2,1-3H3/t19-/m0/s1. The molecule has 0 aliphatic carbocycles. The van der Waals surface area contributed by atoms with E-state index in [2.05, 4.69) is 5.32 Å². The van der Waals surface area contributed by atoms with Crippen LogP contribution in [-0.2, 0) is 22.6 Å². The van der Waals surface area contributed by atoms with Gasteiger partial charge < -0.3 is 14.8 Å². The van der Waals surface area contributed by atoms with E-state index in [9.17, 15) is 4.79 Å². The molecule has 1 atom stereocenters. The summed E-state index contributed by atoms with van der Waals surface area (Å²) >= 11 is 0. The maximum atomic E-state index is 12.3. The average molecular weight is 327 g/mol. The van der Waals surface area contributed by atoms with Crippen molar-refractivity contribution in [1.29, 1.82) is 0 Å². The molecule has 2 aromatic carbocycles. The van der Waals surface area contributed by atoms with Crippen molar-refractivity contribution in [3.8, 4) is 5.75 Å². The van der Waals surface area contributed by atoms with E-state index in [4.69, 9.17) is 9.47 Å². The normalized spacial score (nSPS) is 12.0. The van der Waals surface area contributed by atoms with Gasteiger partial charge in [0.25, 0.3) is 0 Å². The quantitative estimate of drug-likeness (QED) is 0.755. The van der Waals surface area contributed by atoms with Gasteiger partial charge in [-0.1, -0.05) is 42.5 Å². The highest BCUT2D eigenvalue weighted by atomic mass is 16.5. The smallest absolute Gasteiger partial charge is 0.323 e. The van der Waals surface area contributed by atoms with Gasteiger partial charge in [-0.3, -0.25) is 4.79 Å². The largest absolute Gasteiger partial charge is 0.491 e. The van der Waals surface area contributed by atoms with Crippen molar-refractivity contribution in [2.45, 2.75) is 39.0 Å². The van der Waals surface area contributed by atoms with Crippen molar-refractivity contribution in [3.63, 3.8) is 0 Å². The van der Waals surface area contributed by atoms with Gasteiger partial charge in [0, 0.05) is 0 Å². The lowest BCUT2D eigenvalue weighted by Gasteiger charge is -2.16. The van der Waals surface area contributed by atoms with Crippen LogP contribution in [0.2, 0.25) is 0 Å². The van der Waals surface area contributed by atoms with E-state index in [1.807, 2.05) is 68.4 Å². The minimum atomic E-state index is -0.370. The van der Waals surface area contributed by atoms with E-state index in [0.29, 0.717) is 13.0 Å². The third-order valence-electron chi connectivity index (χ3n) is 3.59. The first-order valence-corrected chi connectivity index (χ1v) is 8.22. The highest BCUT2D eigenvalue weighted by Crippen LogP contribution is 2.15. The molecule has 0 amide bonds. The second-order valence-electron chi connectivity index (χ2n) is 5.95. The van der Waals surface area contributed by atoms with Crippen LogP contribution in [0.15, 0.2) is 54.6 Å². The minimum absolute atomic E-state index is 0.147. The molecule has 24 heavy (non-hydrogen) atoms. The Labute approximate surface area is 143 Å². The lowest BCUT2D eigenvalue weighted by molar-refractivity contribution is -0.147. The van der Waals surface area contributed by atoms with E-state index in [1.165, 1.54) is 0 Å². The Morgan fingerprint density at radius 2 is 1.67 bits per heavy atom. The summed E-state index contributed by atoms with van der Waals surface area (Å²) in [4.78, 5) is 12.3. The molecule has 0 aromatic heterocycles. The number of carbonyl (C=O) groups is 1. The predicted molar refractivity (Wildman–Crippen MR) is 95.0 cm³/mol. The predicted octanol–water partition coefficient (Wildman–Crippen LogP) is 3.35. The van der Waals surface area contributed by atoms with Gasteiger partial charge in [0.1, 0.15) is 18.4 Å². The Balaban J connectivity index is 1.89. The summed E-state index contributed by atoms with van der Waals surface area (Å²) in [6.45, 7) is 4.28. The van der Waals surface area contributed by atoms with Gasteiger partial charge in [-0.05, 0) is 50.6 Å². The van der Waals surface area contributed by atoms with Crippen LogP contribution < -0.4 is 10.1 Å². The van der Waals surface area contributed by atoms with Crippen molar-refractivity contribution in [1.82, 2.24) is 5.32 Å². The zero-order valence-corrected chi connectivity index (χ0v) is 14.5. The summed E-state index contributed by atoms with van der Waals surface area (Å²) in [6, 6.07) is 17.1. The molecule has 0 bridgehead atoms. The monoisotopic (exact) mass is 327 g/mol. The van der Waals surface area contributed by atoms with E-state index < -0.39 is 0 Å². The highest BCUT2D eigenvalue weighted by molar-refractivity contribution is 5.76. The number of benzene rings is 2. The minimum Gasteiger partial charge on any atom is -0.491 e. The molecule has 4 heteroatoms. The Hall–Kier alpha value is -2.33. The Kier molecular flexibility index (Phi) is 6.82. The third kappa shape index (κ3) is 5.70. The van der Waals surface area contributed by atoms with Crippen LogP contribution in [0.25, 0.3) is 0 Å². The molecular weight excluding hydrogens is 302 g/mol. The van der Waals surface area contributed by atoms with Gasteiger partial charge in [0.15, 0.2) is 0 Å². The van der Waals surface area contributed by atoms with Crippen LogP contribution in [0.5, 0.6) is 5.75 Å². The number of esters is 1. The summed E-state index contributed by atoms with van der Waals surface area (Å²) in [5.74, 6) is 0.588. The summed E-state index contributed by atoms with van der Waals surface area (Å²) < 4.78 is 11.0. The molecule has 128 valence electrons. The van der Waals surface area contributed by atoms with E-state index in [0.717, 1.165) is 16.9 Å². The van der Waals surface area contributed by atoms with Gasteiger partial charge in [-0.15, -0.1) is 0 Å². The van der Waals surface area contributed by atoms with E-state index >= 15 is 0 Å². The van der Waals surface area contributed by atoms with Crippen LogP contribution in [0.4, 0.5) is 0 Å². The topological polar surface area (TPSA) is 47.6 Å². The van der Waals surface area contributed by atoms with Crippen LogP contribution in [0.3, 0.4) is 0 Å². The fraction of sp³-hybridized carbons (Fsp3) is 0.350. The van der Waals surface area contributed by atoms with Crippen molar-refractivity contribution in [3.05, 3.63) is 65.7 Å². The summed E-state index contributed by atoms with van der Waals surface area (Å²) in [5.41, 5.74) is 2.04. The van der Waals surface area contributed by atoms with Gasteiger partial charge >= 0.3 is 5.97 Å². The van der Waals surface area contributed by atoms with Crippen LogP contribution in [0.1, 0.15) is 25.0 Å². The summed E-state index contributed by atoms with van der Waals surface area (Å²) in [7, 11) is 1.77. The fourth-order valence-corrected chi connectivity index (χ4v) is 2.34. The number of likely N-dealkylation sites (N-methyl/N-ethyl adjacent to an activating group) is 1. The van der Waals surface area contributed by atoms with Crippen molar-refractivity contribution < 1.29 is 14.3 Å². The molecule has 2 rings (SSSR count). The SMILES string of the molecule is CN[C@@H](Cc1ccc(OC(C)C)cc1)C(=O)OCc1ccccc1. The molecule has 0 spiro atoms. The zero-order chi connectivity index (χ0) is 17.4. The second kappa shape index (κ2) is 9.08. The van der Waals surface area contributed by atoms with Gasteiger partial charge in [0.2, 0.25) is 0 Å². The zero-order valence-electron chi connectivity index (χ0n) is 14.5. The highest BCUT2D eigenvalue weighted by Gasteiger charge is 2.18. The molecule has 4 nitrogen and oxygen atoms in total. The molecule has 0 fully saturated rings. The molecule has 0 aliphatic rings. The summed E-state index contributed by atoms with van der Waals surface area (Å²) in [6.07, 6.45) is 0.723. The van der Waals surface area contributed by atoms with Crippen molar-refractivity contribution in [2.24, 2.45) is 0 Å². The van der Waals surface area contributed by atoms with Gasteiger partial charge in [0.05, 0.1) is 6.10 Å². The molecule has 0 unspecified atom stereocenters. The molecular formula is C20H25NO3. The van der Waals surface area contributed by atoms with E-state index in [1.54, 1.807) is 7.05 Å². The molecule has 1 N–H and O–H groups in total. The van der Waals surface area contributed by atoms with Crippen LogP contribution in [0, 0.1) is 0 Å². The molecule has 0 saturated heterocycles. The average Bonchev–Trinajstić information content (AvgIpc) is 2.59. The van der Waals surface area contributed by atoms with Crippen LogP contribution >= 0.6 is 0 Å². The second-order valence-corrected chi connectivity index (χ2v) is 5.95. The van der Waals surface area contributed by atoms with Crippen LogP contribution in [-0.4, -0.2) is 25.2 Å². The van der Waals surface area contributed by atoms with Crippen molar-refractivity contribution in [2.75, 3.05) is 7.05 Å². The lowest BCUT2D eigenvalue weighted by atomic mass is 10.1. The molecule has 2 aromatic rings. The number of hydrogen-bond donors (Lipinski definition) is 1. The molecule has 0 aliphatic heterocycles. The molecule has 0 radical (unpaired) electrons. The number of ether oxygens (including phenoxy) is 2. The van der Waals surface area contributed by atoms with Crippen molar-refractivity contribution >= 4 is 5.97 Å². The first-order chi connectivity index (χ1) is 11.6. The first-order valence-electron chi connectivity index (χ1n) is 8.22. The molecule has 0 saturated carbocycles. The number of carbonyl (C=O) groups excluding carboxylic acids is 1. The third-order valence-corrected chi connectivity index (χ3v) is 3.59.